The number of carbonyl (C=O) groups excluding carboxylic acids is 1. The summed E-state index contributed by atoms with van der Waals surface area (Å²) in [4.78, 5) is 14.7. The second-order valence-corrected chi connectivity index (χ2v) is 7.76. The molecule has 1 atom stereocenters. The average Bonchev–Trinajstić information content (AvgIpc) is 3.07. The van der Waals surface area contributed by atoms with Gasteiger partial charge in [0, 0.05) is 25.7 Å². The van der Waals surface area contributed by atoms with Crippen molar-refractivity contribution >= 4 is 5.91 Å². The minimum absolute atomic E-state index is 0.0437. The van der Waals surface area contributed by atoms with Gasteiger partial charge in [0.05, 0.1) is 0 Å². The average molecular weight is 367 g/mol. The van der Waals surface area contributed by atoms with Gasteiger partial charge in [-0.1, -0.05) is 56.3 Å². The molecule has 1 N–H and O–H groups in total. The van der Waals surface area contributed by atoms with E-state index in [1.54, 1.807) is 0 Å². The topological polar surface area (TPSA) is 41.6 Å². The summed E-state index contributed by atoms with van der Waals surface area (Å²) in [5.41, 5.74) is 3.60. The van der Waals surface area contributed by atoms with Crippen molar-refractivity contribution < 1.29 is 9.53 Å². The molecule has 0 spiro atoms. The number of ether oxygens (including phenoxy) is 1. The summed E-state index contributed by atoms with van der Waals surface area (Å²) in [7, 11) is 0. The van der Waals surface area contributed by atoms with E-state index in [-0.39, 0.29) is 18.6 Å². The first-order chi connectivity index (χ1) is 13.0. The van der Waals surface area contributed by atoms with Crippen LogP contribution >= 0.6 is 0 Å². The molecule has 1 heterocycles. The first kappa shape index (κ1) is 19.4. The number of likely N-dealkylation sites (tertiary alicyclic amines) is 1. The number of carbonyl (C=O) groups is 1. The smallest absolute Gasteiger partial charge is 0.258 e. The number of aryl methyl sites for hydroxylation is 1. The number of benzene rings is 2. The highest BCUT2D eigenvalue weighted by molar-refractivity contribution is 5.78. The SMILES string of the molecule is Cc1ccc(C(C)C)c(OCC(=O)N[C@@H]2CCN(Cc3ccccc3)C2)c1. The van der Waals surface area contributed by atoms with E-state index in [2.05, 4.69) is 60.5 Å². The largest absolute Gasteiger partial charge is 0.483 e. The lowest BCUT2D eigenvalue weighted by Crippen LogP contribution is -2.39. The van der Waals surface area contributed by atoms with Gasteiger partial charge in [-0.15, -0.1) is 0 Å². The molecular weight excluding hydrogens is 336 g/mol. The van der Waals surface area contributed by atoms with Crippen molar-refractivity contribution in [3.63, 3.8) is 0 Å². The Labute approximate surface area is 162 Å². The van der Waals surface area contributed by atoms with Crippen molar-refractivity contribution in [3.05, 3.63) is 65.2 Å². The van der Waals surface area contributed by atoms with E-state index in [9.17, 15) is 4.79 Å². The summed E-state index contributed by atoms with van der Waals surface area (Å²) in [6, 6.07) is 16.9. The van der Waals surface area contributed by atoms with Gasteiger partial charge in [0.1, 0.15) is 5.75 Å². The van der Waals surface area contributed by atoms with Crippen LogP contribution in [0.5, 0.6) is 5.75 Å². The molecule has 0 saturated carbocycles. The molecule has 1 saturated heterocycles. The molecular formula is C23H30N2O2. The molecule has 4 heteroatoms. The van der Waals surface area contributed by atoms with Gasteiger partial charge in [0.2, 0.25) is 0 Å². The molecule has 2 aromatic carbocycles. The van der Waals surface area contributed by atoms with E-state index in [1.165, 1.54) is 5.56 Å². The van der Waals surface area contributed by atoms with Crippen LogP contribution in [0.25, 0.3) is 0 Å². The maximum atomic E-state index is 12.3. The van der Waals surface area contributed by atoms with Crippen LogP contribution in [0, 0.1) is 6.92 Å². The maximum Gasteiger partial charge on any atom is 0.258 e. The Morgan fingerprint density at radius 1 is 1.22 bits per heavy atom. The highest BCUT2D eigenvalue weighted by Crippen LogP contribution is 2.27. The first-order valence-electron chi connectivity index (χ1n) is 9.80. The third kappa shape index (κ3) is 5.57. The van der Waals surface area contributed by atoms with Crippen LogP contribution in [0.1, 0.15) is 42.9 Å². The summed E-state index contributed by atoms with van der Waals surface area (Å²) < 4.78 is 5.85. The molecule has 1 aliphatic rings. The molecule has 0 aromatic heterocycles. The Hall–Kier alpha value is -2.33. The molecule has 0 unspecified atom stereocenters. The lowest BCUT2D eigenvalue weighted by molar-refractivity contribution is -0.123. The second kappa shape index (κ2) is 9.05. The number of hydrogen-bond donors (Lipinski definition) is 1. The number of hydrogen-bond acceptors (Lipinski definition) is 3. The first-order valence-corrected chi connectivity index (χ1v) is 9.80. The van der Waals surface area contributed by atoms with E-state index in [0.717, 1.165) is 42.9 Å². The van der Waals surface area contributed by atoms with Crippen molar-refractivity contribution in [2.24, 2.45) is 0 Å². The Kier molecular flexibility index (Phi) is 6.51. The Morgan fingerprint density at radius 3 is 2.74 bits per heavy atom. The Morgan fingerprint density at radius 2 is 2.00 bits per heavy atom. The van der Waals surface area contributed by atoms with Crippen LogP contribution in [0.4, 0.5) is 0 Å². The molecule has 0 aliphatic carbocycles. The van der Waals surface area contributed by atoms with Crippen LogP contribution in [-0.2, 0) is 11.3 Å². The minimum atomic E-state index is -0.0437. The lowest BCUT2D eigenvalue weighted by Gasteiger charge is -2.18. The number of nitrogens with zero attached hydrogens (tertiary/aromatic N) is 1. The van der Waals surface area contributed by atoms with Crippen molar-refractivity contribution in [1.82, 2.24) is 10.2 Å². The summed E-state index contributed by atoms with van der Waals surface area (Å²) in [6.07, 6.45) is 0.986. The van der Waals surface area contributed by atoms with E-state index in [1.807, 2.05) is 19.1 Å². The third-order valence-corrected chi connectivity index (χ3v) is 5.04. The lowest BCUT2D eigenvalue weighted by atomic mass is 10.0. The number of amides is 1. The van der Waals surface area contributed by atoms with Gasteiger partial charge in [0.25, 0.3) is 5.91 Å². The summed E-state index contributed by atoms with van der Waals surface area (Å²) in [6.45, 7) is 9.22. The zero-order chi connectivity index (χ0) is 19.2. The van der Waals surface area contributed by atoms with Crippen LogP contribution in [-0.4, -0.2) is 36.5 Å². The highest BCUT2D eigenvalue weighted by Gasteiger charge is 2.24. The van der Waals surface area contributed by atoms with E-state index < -0.39 is 0 Å². The molecule has 144 valence electrons. The number of rotatable bonds is 7. The summed E-state index contributed by atoms with van der Waals surface area (Å²) >= 11 is 0. The van der Waals surface area contributed by atoms with Crippen molar-refractivity contribution in [2.45, 2.75) is 45.7 Å². The summed E-state index contributed by atoms with van der Waals surface area (Å²) in [5.74, 6) is 1.14. The molecule has 27 heavy (non-hydrogen) atoms. The molecule has 2 aromatic rings. The second-order valence-electron chi connectivity index (χ2n) is 7.76. The standard InChI is InChI=1S/C23H30N2O2/c1-17(2)21-10-9-18(3)13-22(21)27-16-23(26)24-20-11-12-25(15-20)14-19-7-5-4-6-8-19/h4-10,13,17,20H,11-12,14-16H2,1-3H3,(H,24,26)/t20-/m1/s1. The van der Waals surface area contributed by atoms with Crippen LogP contribution < -0.4 is 10.1 Å². The van der Waals surface area contributed by atoms with Gasteiger partial charge in [-0.05, 0) is 42.0 Å². The van der Waals surface area contributed by atoms with E-state index in [4.69, 9.17) is 4.74 Å². The van der Waals surface area contributed by atoms with Crippen molar-refractivity contribution in [1.29, 1.82) is 0 Å². The fourth-order valence-corrected chi connectivity index (χ4v) is 3.59. The predicted octanol–water partition coefficient (Wildman–Crippen LogP) is 3.89. The Bertz CT molecular complexity index is 758. The molecule has 0 radical (unpaired) electrons. The quantitative estimate of drug-likeness (QED) is 0.808. The maximum absolute atomic E-state index is 12.3. The van der Waals surface area contributed by atoms with Crippen LogP contribution in [0.2, 0.25) is 0 Å². The number of nitrogens with one attached hydrogen (secondary N) is 1. The van der Waals surface area contributed by atoms with Gasteiger partial charge >= 0.3 is 0 Å². The van der Waals surface area contributed by atoms with Crippen LogP contribution in [0.3, 0.4) is 0 Å². The predicted molar refractivity (Wildman–Crippen MR) is 109 cm³/mol. The van der Waals surface area contributed by atoms with Gasteiger partial charge in [0.15, 0.2) is 6.61 Å². The van der Waals surface area contributed by atoms with Crippen LogP contribution in [0.15, 0.2) is 48.5 Å². The van der Waals surface area contributed by atoms with Gasteiger partial charge in [-0.2, -0.15) is 0 Å². The zero-order valence-electron chi connectivity index (χ0n) is 16.6. The third-order valence-electron chi connectivity index (χ3n) is 5.04. The normalized spacial score (nSPS) is 17.3. The molecule has 3 rings (SSSR count). The van der Waals surface area contributed by atoms with Gasteiger partial charge < -0.3 is 10.1 Å². The van der Waals surface area contributed by atoms with Crippen molar-refractivity contribution in [3.8, 4) is 5.75 Å². The zero-order valence-corrected chi connectivity index (χ0v) is 16.6. The van der Waals surface area contributed by atoms with Gasteiger partial charge in [-0.25, -0.2) is 0 Å². The monoisotopic (exact) mass is 366 g/mol. The van der Waals surface area contributed by atoms with Crippen molar-refractivity contribution in [2.75, 3.05) is 19.7 Å². The summed E-state index contributed by atoms with van der Waals surface area (Å²) in [5, 5.41) is 3.12. The fourth-order valence-electron chi connectivity index (χ4n) is 3.59. The molecule has 1 aliphatic heterocycles. The van der Waals surface area contributed by atoms with E-state index in [0.29, 0.717) is 5.92 Å². The molecule has 1 fully saturated rings. The minimum Gasteiger partial charge on any atom is -0.483 e. The molecule has 0 bridgehead atoms. The fraction of sp³-hybridized carbons (Fsp3) is 0.435. The molecule has 4 nitrogen and oxygen atoms in total. The highest BCUT2D eigenvalue weighted by atomic mass is 16.5. The van der Waals surface area contributed by atoms with Gasteiger partial charge in [-0.3, -0.25) is 9.69 Å². The van der Waals surface area contributed by atoms with E-state index >= 15 is 0 Å². The Balaban J connectivity index is 1.47. The molecule has 1 amide bonds.